The van der Waals surface area contributed by atoms with Gasteiger partial charge in [0.2, 0.25) is 70.9 Å². The monoisotopic (exact) mass is 1600 g/mol. The number of nitrogens with zero attached hydrogens (tertiary/aromatic N) is 9. The van der Waals surface area contributed by atoms with Crippen LogP contribution in [0.1, 0.15) is 183 Å². The summed E-state index contributed by atoms with van der Waals surface area (Å²) in [6.07, 6.45) is -13.6. The van der Waals surface area contributed by atoms with E-state index in [2.05, 4.69) is 16.0 Å². The highest BCUT2D eigenvalue weighted by Gasteiger charge is 2.60. The number of fused-ring (bicyclic) bond motifs is 3. The lowest BCUT2D eigenvalue weighted by Gasteiger charge is -2.54. The van der Waals surface area contributed by atoms with Crippen molar-refractivity contribution in [2.45, 2.75) is 268 Å². The summed E-state index contributed by atoms with van der Waals surface area (Å²) >= 11 is 0. The van der Waals surface area contributed by atoms with Gasteiger partial charge in [0.05, 0.1) is 38.1 Å². The first-order chi connectivity index (χ1) is 52.5. The van der Waals surface area contributed by atoms with E-state index in [9.17, 15) is 50.3 Å². The number of alkyl halides is 8. The Labute approximate surface area is 653 Å². The standard InChI is InChI=1S/C78H122F8N12O14/c1-15-33-90(8)69(105)57-39-61(100)94(12)59(43-111-17-3)66(102)88-64(46(5)16-2)72(108)92(10)42-62(101)93(11)55-26-20-19-23-34-97(71(55)107)58(37-47-27-30-50(31-28-47)77(81,82)83)70(106)91(9)41-60(99)87-54(32-29-48-35-52(79)63(53(80)36-48)78(84,85)86)68(104)98-40-51(112-18-4)38-56(98)67(103)89-76(44-75(6,7)45-76)74(110)96(14)65(73(109)95(57)13)49-24-21-22-25-49/h19-20,46-59,63-65H,15-18,21-45H2,1-14H3,(H,87,99)(H,88,102)(H,89,103)/b20-19-/t46-,47?,48?,50?,51+,52?,53?,54-,55-,56-,57-,58-,59-,63?,64-,65-/m0/s1. The lowest BCUT2D eigenvalue weighted by Crippen LogP contribution is -2.71. The van der Waals surface area contributed by atoms with Gasteiger partial charge in [0.1, 0.15) is 72.1 Å². The molecule has 0 radical (unpaired) electrons. The highest BCUT2D eigenvalue weighted by molar-refractivity contribution is 6.01. The molecule has 6 fully saturated rings. The van der Waals surface area contributed by atoms with Crippen molar-refractivity contribution >= 4 is 70.9 Å². The third kappa shape index (κ3) is 22.4. The van der Waals surface area contributed by atoms with E-state index in [-0.39, 0.29) is 103 Å². The first-order valence-electron chi connectivity index (χ1n) is 40.0. The number of hydrogen-bond donors (Lipinski definition) is 3. The molecule has 12 amide bonds. The second kappa shape index (κ2) is 39.4. The Morgan fingerprint density at radius 3 is 1.85 bits per heavy atom. The Kier molecular flexibility index (Phi) is 32.3. The second-order valence-electron chi connectivity index (χ2n) is 33.4. The van der Waals surface area contributed by atoms with Crippen molar-refractivity contribution in [3.63, 3.8) is 0 Å². The van der Waals surface area contributed by atoms with Crippen LogP contribution in [0.3, 0.4) is 0 Å². The quantitative estimate of drug-likeness (QED) is 0.106. The Hall–Kier alpha value is -7.26. The number of carbonyl (C=O) groups excluding carboxylic acids is 12. The molecule has 2 saturated heterocycles. The minimum Gasteiger partial charge on any atom is -0.379 e. The minimum atomic E-state index is -5.22. The fourth-order valence-electron chi connectivity index (χ4n) is 18.1. The molecule has 7 rings (SSSR count). The molecule has 3 heterocycles. The molecular formula is C78H122F8N12O14. The number of rotatable bonds is 16. The molecule has 4 saturated carbocycles. The van der Waals surface area contributed by atoms with E-state index in [1.54, 1.807) is 39.8 Å². The molecule has 0 aromatic rings. The maximum Gasteiger partial charge on any atom is 0.397 e. The van der Waals surface area contributed by atoms with Crippen LogP contribution >= 0.6 is 0 Å². The number of ether oxygens (including phenoxy) is 2. The summed E-state index contributed by atoms with van der Waals surface area (Å²) in [5.41, 5.74) is -2.39. The van der Waals surface area contributed by atoms with E-state index in [1.165, 1.54) is 64.0 Å². The Balaban J connectivity index is 1.35. The van der Waals surface area contributed by atoms with Crippen LogP contribution in [0.5, 0.6) is 0 Å². The number of likely N-dealkylation sites (N-methyl/N-ethyl adjacent to an activating group) is 7. The SMILES string of the molecule is CCCN(C)C(=O)[C@@H]1CC(=O)N(C)[C@@H](COCC)C(=O)N[C@@H]([C@@H](C)CC)C(=O)N(C)CC(=O)N(C)[C@H]2C/C=C\CCN(C2=O)[C@@H](CC2CCC(C(F)(F)F)CC2)C(=O)N(C)CC(=O)N[C@@H](CCC2CC(F)C(C(F)(F)F)C(F)C2)C(=O)N2C[C@H](OCC)C[C@H]2C(=O)NC2(CC(C)(C)C2)C(=O)N(C)[C@@H](C2CCCC2)C(=O)N1C. The normalized spacial score (nSPS) is 31.7. The molecular weight excluding hydrogens is 1480 g/mol. The molecule has 3 N–H and O–H groups in total. The van der Waals surface area contributed by atoms with Gasteiger partial charge in [-0.25, -0.2) is 8.78 Å². The average molecular weight is 1600 g/mol. The lowest BCUT2D eigenvalue weighted by atomic mass is 9.58. The smallest absolute Gasteiger partial charge is 0.379 e. The topological polar surface area (TPSA) is 289 Å². The minimum absolute atomic E-state index is 0.00203. The first kappa shape index (κ1) is 91.9. The molecule has 7 aliphatic rings. The van der Waals surface area contributed by atoms with Crippen molar-refractivity contribution in [1.82, 2.24) is 60.0 Å². The Morgan fingerprint density at radius 1 is 0.652 bits per heavy atom. The summed E-state index contributed by atoms with van der Waals surface area (Å²) in [6.45, 7) is 10.2. The molecule has 34 heteroatoms. The third-order valence-electron chi connectivity index (χ3n) is 24.5. The van der Waals surface area contributed by atoms with Crippen LogP contribution in [0.4, 0.5) is 35.1 Å². The van der Waals surface area contributed by atoms with Gasteiger partial charge in [-0.3, -0.25) is 57.5 Å². The Bertz CT molecular complexity index is 3340. The second-order valence-corrected chi connectivity index (χ2v) is 33.4. The zero-order valence-electron chi connectivity index (χ0n) is 67.7. The molecule has 634 valence electrons. The molecule has 112 heavy (non-hydrogen) atoms. The summed E-state index contributed by atoms with van der Waals surface area (Å²) < 4.78 is 127. The fraction of sp³-hybridized carbons (Fsp3) is 0.821. The van der Waals surface area contributed by atoms with Gasteiger partial charge in [-0.2, -0.15) is 26.3 Å². The maximum absolute atomic E-state index is 15.9. The van der Waals surface area contributed by atoms with Crippen LogP contribution in [-0.2, 0) is 67.0 Å². The van der Waals surface area contributed by atoms with E-state index in [4.69, 9.17) is 9.47 Å². The van der Waals surface area contributed by atoms with Gasteiger partial charge in [-0.05, 0) is 146 Å². The van der Waals surface area contributed by atoms with Gasteiger partial charge in [-0.15, -0.1) is 0 Å². The predicted molar refractivity (Wildman–Crippen MR) is 397 cm³/mol. The van der Waals surface area contributed by atoms with Gasteiger partial charge in [0, 0.05) is 88.6 Å². The van der Waals surface area contributed by atoms with Gasteiger partial charge in [-0.1, -0.05) is 66.0 Å². The zero-order chi connectivity index (χ0) is 83.4. The Morgan fingerprint density at radius 2 is 1.28 bits per heavy atom. The first-order valence-corrected chi connectivity index (χ1v) is 40.0. The van der Waals surface area contributed by atoms with Crippen molar-refractivity contribution in [1.29, 1.82) is 0 Å². The molecule has 2 unspecified atom stereocenters. The van der Waals surface area contributed by atoms with Crippen molar-refractivity contribution in [3.05, 3.63) is 12.2 Å². The predicted octanol–water partition coefficient (Wildman–Crippen LogP) is 6.76. The highest BCUT2D eigenvalue weighted by atomic mass is 19.4. The van der Waals surface area contributed by atoms with Gasteiger partial charge >= 0.3 is 12.4 Å². The maximum atomic E-state index is 15.9. The summed E-state index contributed by atoms with van der Waals surface area (Å²) in [4.78, 5) is 193. The van der Waals surface area contributed by atoms with Crippen LogP contribution in [0.2, 0.25) is 0 Å². The highest BCUT2D eigenvalue weighted by Crippen LogP contribution is 2.50. The summed E-state index contributed by atoms with van der Waals surface area (Å²) in [7, 11) is 9.42. The van der Waals surface area contributed by atoms with Crippen molar-refractivity contribution in [2.24, 2.45) is 40.9 Å². The number of hydrogen-bond acceptors (Lipinski definition) is 14. The molecule has 4 aliphatic carbocycles. The molecule has 2 bridgehead atoms. The molecule has 3 aliphatic heterocycles. The molecule has 0 aromatic heterocycles. The number of carbonyl (C=O) groups is 12. The van der Waals surface area contributed by atoms with Crippen molar-refractivity contribution in [3.8, 4) is 0 Å². The molecule has 12 atom stereocenters. The van der Waals surface area contributed by atoms with E-state index in [0.717, 1.165) is 29.4 Å². The molecule has 1 spiro atoms. The summed E-state index contributed by atoms with van der Waals surface area (Å²) in [5, 5.41) is 8.42. The number of nitrogens with one attached hydrogen (secondary N) is 3. The third-order valence-corrected chi connectivity index (χ3v) is 24.5. The molecule has 0 aromatic carbocycles. The largest absolute Gasteiger partial charge is 0.397 e. The van der Waals surface area contributed by atoms with Crippen molar-refractivity contribution in [2.75, 3.05) is 102 Å². The van der Waals surface area contributed by atoms with Gasteiger partial charge in [0.25, 0.3) is 0 Å². The van der Waals surface area contributed by atoms with Crippen LogP contribution in [0, 0.1) is 40.9 Å². The van der Waals surface area contributed by atoms with Gasteiger partial charge < -0.3 is 69.5 Å². The lowest BCUT2D eigenvalue weighted by molar-refractivity contribution is -0.219. The van der Waals surface area contributed by atoms with Crippen molar-refractivity contribution < 1.29 is 102 Å². The van der Waals surface area contributed by atoms with Crippen LogP contribution in [0.15, 0.2) is 12.2 Å². The fourth-order valence-corrected chi connectivity index (χ4v) is 18.1. The van der Waals surface area contributed by atoms with Gasteiger partial charge in [0.15, 0.2) is 0 Å². The van der Waals surface area contributed by atoms with E-state index >= 15 is 42.3 Å². The average Bonchev–Trinajstić information content (AvgIpc) is 1.07. The van der Waals surface area contributed by atoms with E-state index in [0.29, 0.717) is 38.5 Å². The van der Waals surface area contributed by atoms with E-state index < -0.39 is 242 Å². The van der Waals surface area contributed by atoms with Crippen LogP contribution in [0.25, 0.3) is 0 Å². The summed E-state index contributed by atoms with van der Waals surface area (Å²) in [6, 6.07) is -11.8. The van der Waals surface area contributed by atoms with E-state index in [1.807, 2.05) is 20.8 Å². The van der Waals surface area contributed by atoms with Crippen LogP contribution < -0.4 is 16.0 Å². The number of amides is 12. The summed E-state index contributed by atoms with van der Waals surface area (Å²) in [5.74, 6) is -17.2. The molecule has 26 nitrogen and oxygen atoms in total. The zero-order valence-corrected chi connectivity index (χ0v) is 67.7. The number of halogens is 8. The van der Waals surface area contributed by atoms with Crippen LogP contribution in [-0.4, -0.2) is 302 Å².